The highest BCUT2D eigenvalue weighted by molar-refractivity contribution is 6.51. The van der Waals surface area contributed by atoms with Crippen molar-refractivity contribution in [1.29, 1.82) is 0 Å². The summed E-state index contributed by atoms with van der Waals surface area (Å²) in [7, 11) is 1.53. The summed E-state index contributed by atoms with van der Waals surface area (Å²) in [5, 5.41) is 12.1. The number of aliphatic hydroxyl groups excluding tert-OH is 1. The number of hydrogen-bond acceptors (Lipinski definition) is 6. The summed E-state index contributed by atoms with van der Waals surface area (Å²) >= 11 is 0. The first-order valence-electron chi connectivity index (χ1n) is 11.2. The molecule has 1 fully saturated rings. The van der Waals surface area contributed by atoms with E-state index in [1.807, 2.05) is 24.3 Å². The van der Waals surface area contributed by atoms with Gasteiger partial charge in [0.2, 0.25) is 0 Å². The maximum absolute atomic E-state index is 13.4. The minimum atomic E-state index is -0.970. The molecule has 1 unspecified atom stereocenters. The fraction of sp³-hybridized carbons (Fsp3) is 0.107. The number of anilines is 1. The first-order valence-corrected chi connectivity index (χ1v) is 11.2. The topological polar surface area (TPSA) is 109 Å². The molecule has 8 heteroatoms. The average molecular weight is 482 g/mol. The molecule has 1 aliphatic heterocycles. The number of aromatic amines is 1. The molecule has 4 aromatic rings. The van der Waals surface area contributed by atoms with Crippen LogP contribution in [0.2, 0.25) is 0 Å². The van der Waals surface area contributed by atoms with E-state index >= 15 is 0 Å². The molecule has 0 spiro atoms. The number of hydrogen-bond donors (Lipinski definition) is 2. The Bertz CT molecular complexity index is 1530. The van der Waals surface area contributed by atoms with Crippen molar-refractivity contribution in [3.63, 3.8) is 0 Å². The maximum Gasteiger partial charge on any atom is 0.308 e. The molecule has 1 saturated heterocycles. The predicted molar refractivity (Wildman–Crippen MR) is 134 cm³/mol. The Morgan fingerprint density at radius 2 is 1.72 bits per heavy atom. The van der Waals surface area contributed by atoms with Crippen LogP contribution in [0, 0.1) is 0 Å². The summed E-state index contributed by atoms with van der Waals surface area (Å²) < 4.78 is 10.5. The smallest absolute Gasteiger partial charge is 0.308 e. The van der Waals surface area contributed by atoms with Crippen molar-refractivity contribution in [3.05, 3.63) is 95.7 Å². The van der Waals surface area contributed by atoms with E-state index in [4.69, 9.17) is 9.47 Å². The van der Waals surface area contributed by atoms with Gasteiger partial charge >= 0.3 is 5.97 Å². The van der Waals surface area contributed by atoms with Crippen LogP contribution < -0.4 is 14.4 Å². The van der Waals surface area contributed by atoms with Gasteiger partial charge < -0.3 is 19.6 Å². The fourth-order valence-corrected chi connectivity index (χ4v) is 4.48. The molecule has 8 nitrogen and oxygen atoms in total. The molecule has 0 radical (unpaired) electrons. The van der Waals surface area contributed by atoms with Crippen molar-refractivity contribution < 1.29 is 29.0 Å². The number of rotatable bonds is 5. The Labute approximate surface area is 206 Å². The molecule has 0 saturated carbocycles. The summed E-state index contributed by atoms with van der Waals surface area (Å²) in [6.07, 6.45) is 1.60. The Kier molecular flexibility index (Phi) is 5.77. The Balaban J connectivity index is 1.73. The normalized spacial score (nSPS) is 16.9. The van der Waals surface area contributed by atoms with Gasteiger partial charge in [-0.05, 0) is 48.0 Å². The van der Waals surface area contributed by atoms with Gasteiger partial charge in [-0.1, -0.05) is 30.3 Å². The highest BCUT2D eigenvalue weighted by Gasteiger charge is 2.47. The van der Waals surface area contributed by atoms with Crippen LogP contribution >= 0.6 is 0 Å². The van der Waals surface area contributed by atoms with Crippen LogP contribution in [-0.2, 0) is 14.4 Å². The van der Waals surface area contributed by atoms with E-state index < -0.39 is 23.7 Å². The molecular formula is C28H22N2O6. The molecular weight excluding hydrogens is 460 g/mol. The number of para-hydroxylation sites is 1. The molecule has 36 heavy (non-hydrogen) atoms. The summed E-state index contributed by atoms with van der Waals surface area (Å²) in [5.41, 5.74) is 2.04. The quantitative estimate of drug-likeness (QED) is 0.140. The molecule has 1 atom stereocenters. The maximum atomic E-state index is 13.4. The van der Waals surface area contributed by atoms with E-state index in [1.165, 1.54) is 18.9 Å². The number of ether oxygens (including phenoxy) is 2. The Morgan fingerprint density at radius 1 is 0.972 bits per heavy atom. The number of ketones is 1. The van der Waals surface area contributed by atoms with Gasteiger partial charge in [0.1, 0.15) is 17.3 Å². The predicted octanol–water partition coefficient (Wildman–Crippen LogP) is 4.73. The second-order valence-corrected chi connectivity index (χ2v) is 8.28. The van der Waals surface area contributed by atoms with Gasteiger partial charge in [-0.3, -0.25) is 19.3 Å². The number of nitrogens with zero attached hydrogens (tertiary/aromatic N) is 1. The van der Waals surface area contributed by atoms with Gasteiger partial charge in [-0.15, -0.1) is 0 Å². The first kappa shape index (κ1) is 22.9. The number of esters is 1. The molecule has 1 aromatic heterocycles. The van der Waals surface area contributed by atoms with Crippen molar-refractivity contribution in [1.82, 2.24) is 4.98 Å². The van der Waals surface area contributed by atoms with Crippen LogP contribution in [0.5, 0.6) is 11.5 Å². The lowest BCUT2D eigenvalue weighted by molar-refractivity contribution is -0.132. The number of aromatic nitrogens is 1. The first-order chi connectivity index (χ1) is 17.4. The second kappa shape index (κ2) is 9.07. The van der Waals surface area contributed by atoms with Crippen molar-refractivity contribution in [2.75, 3.05) is 12.0 Å². The minimum Gasteiger partial charge on any atom is -0.507 e. The number of aliphatic hydroxyl groups is 1. The van der Waals surface area contributed by atoms with E-state index in [9.17, 15) is 19.5 Å². The zero-order valence-corrected chi connectivity index (χ0v) is 19.5. The number of fused-ring (bicyclic) bond motifs is 1. The highest BCUT2D eigenvalue weighted by atomic mass is 16.5. The SMILES string of the molecule is COc1ccc(N2C(=O)C(=O)/C(=C(\O)c3c[nH]c4ccccc34)C2c2cccc(OC(C)=O)c2)cc1. The van der Waals surface area contributed by atoms with Crippen molar-refractivity contribution >= 4 is 40.0 Å². The third-order valence-electron chi connectivity index (χ3n) is 6.07. The van der Waals surface area contributed by atoms with E-state index in [0.717, 1.165) is 5.52 Å². The lowest BCUT2D eigenvalue weighted by Gasteiger charge is -2.25. The Morgan fingerprint density at radius 3 is 2.44 bits per heavy atom. The molecule has 2 N–H and O–H groups in total. The minimum absolute atomic E-state index is 0.0689. The van der Waals surface area contributed by atoms with Crippen LogP contribution in [0.3, 0.4) is 0 Å². The lowest BCUT2D eigenvalue weighted by Crippen LogP contribution is -2.29. The number of H-pyrrole nitrogens is 1. The summed E-state index contributed by atoms with van der Waals surface area (Å²) in [4.78, 5) is 42.7. The molecule has 0 aliphatic carbocycles. The molecule has 1 amide bonds. The standard InChI is InChI=1S/C28H22N2O6/c1-16(31)36-20-7-5-6-17(14-20)25-24(26(32)22-15-29-23-9-4-3-8-21(22)23)27(33)28(34)30(25)18-10-12-19(35-2)13-11-18/h3-15,25,29,32H,1-2H3/b26-24-. The average Bonchev–Trinajstić information content (AvgIpc) is 3.42. The largest absolute Gasteiger partial charge is 0.507 e. The number of nitrogens with one attached hydrogen (secondary N) is 1. The van der Waals surface area contributed by atoms with Crippen LogP contribution in [0.4, 0.5) is 5.69 Å². The summed E-state index contributed by atoms with van der Waals surface area (Å²) in [5.74, 6) is -1.57. The Hall–Kier alpha value is -4.85. The summed E-state index contributed by atoms with van der Waals surface area (Å²) in [6, 6.07) is 19.6. The van der Waals surface area contributed by atoms with Gasteiger partial charge in [0.25, 0.3) is 11.7 Å². The van der Waals surface area contributed by atoms with Crippen molar-refractivity contribution in [2.45, 2.75) is 13.0 Å². The zero-order chi connectivity index (χ0) is 25.4. The number of Topliss-reactive ketones (excluding diaryl/α,β-unsaturated/α-hetero) is 1. The molecule has 0 bridgehead atoms. The van der Waals surface area contributed by atoms with Crippen molar-refractivity contribution in [2.24, 2.45) is 0 Å². The van der Waals surface area contributed by atoms with Gasteiger partial charge in [0.05, 0.1) is 18.7 Å². The number of benzene rings is 3. The lowest BCUT2D eigenvalue weighted by atomic mass is 9.94. The van der Waals surface area contributed by atoms with Crippen LogP contribution in [0.1, 0.15) is 24.1 Å². The summed E-state index contributed by atoms with van der Waals surface area (Å²) in [6.45, 7) is 1.28. The monoisotopic (exact) mass is 482 g/mol. The van der Waals surface area contributed by atoms with Crippen LogP contribution in [-0.4, -0.2) is 34.9 Å². The van der Waals surface area contributed by atoms with Crippen LogP contribution in [0.15, 0.2) is 84.6 Å². The van der Waals surface area contributed by atoms with Gasteiger partial charge in [-0.25, -0.2) is 0 Å². The number of methoxy groups -OCH3 is 1. The highest BCUT2D eigenvalue weighted by Crippen LogP contribution is 2.43. The zero-order valence-electron chi connectivity index (χ0n) is 19.5. The van der Waals surface area contributed by atoms with Crippen molar-refractivity contribution in [3.8, 4) is 11.5 Å². The third kappa shape index (κ3) is 3.88. The van der Waals surface area contributed by atoms with E-state index in [0.29, 0.717) is 28.0 Å². The molecule has 1 aliphatic rings. The third-order valence-corrected chi connectivity index (χ3v) is 6.07. The molecule has 180 valence electrons. The number of carbonyl (C=O) groups excluding carboxylic acids is 3. The second-order valence-electron chi connectivity index (χ2n) is 8.28. The number of amides is 1. The van der Waals surface area contributed by atoms with Gasteiger partial charge in [-0.2, -0.15) is 0 Å². The van der Waals surface area contributed by atoms with E-state index in [1.54, 1.807) is 54.7 Å². The molecule has 3 aromatic carbocycles. The van der Waals surface area contributed by atoms with Gasteiger partial charge in [0.15, 0.2) is 0 Å². The fourth-order valence-electron chi connectivity index (χ4n) is 4.48. The molecule has 2 heterocycles. The van der Waals surface area contributed by atoms with Crippen LogP contribution in [0.25, 0.3) is 16.7 Å². The number of carbonyl (C=O) groups is 3. The van der Waals surface area contributed by atoms with Gasteiger partial charge in [0, 0.05) is 35.3 Å². The molecule has 5 rings (SSSR count). The van der Waals surface area contributed by atoms with E-state index in [-0.39, 0.29) is 17.1 Å². The van der Waals surface area contributed by atoms with E-state index in [2.05, 4.69) is 4.98 Å².